The van der Waals surface area contributed by atoms with Gasteiger partial charge in [0.1, 0.15) is 11.6 Å². The van der Waals surface area contributed by atoms with Gasteiger partial charge < -0.3 is 10.3 Å². The average molecular weight is 355 g/mol. The second kappa shape index (κ2) is 7.28. The SMILES string of the molecule is Cc1nc(Nc2nccs2)cc([C@@H]2CCCCN2Cc2cnc[nH]2)n1. The predicted octanol–water partition coefficient (Wildman–Crippen LogP) is 3.44. The number of aromatic amines is 1. The molecule has 0 bridgehead atoms. The van der Waals surface area contributed by atoms with Gasteiger partial charge in [-0.2, -0.15) is 0 Å². The van der Waals surface area contributed by atoms with Crippen molar-refractivity contribution in [2.75, 3.05) is 11.9 Å². The van der Waals surface area contributed by atoms with Crippen molar-refractivity contribution in [1.82, 2.24) is 29.8 Å². The van der Waals surface area contributed by atoms with E-state index in [9.17, 15) is 0 Å². The van der Waals surface area contributed by atoms with Crippen LogP contribution in [-0.4, -0.2) is 36.4 Å². The summed E-state index contributed by atoms with van der Waals surface area (Å²) in [7, 11) is 0. The van der Waals surface area contributed by atoms with E-state index in [2.05, 4.69) is 36.2 Å². The molecule has 0 radical (unpaired) electrons. The second-order valence-corrected chi connectivity index (χ2v) is 7.14. The first-order valence-corrected chi connectivity index (χ1v) is 9.39. The lowest BCUT2D eigenvalue weighted by molar-refractivity contribution is 0.135. The number of hydrogen-bond donors (Lipinski definition) is 2. The summed E-state index contributed by atoms with van der Waals surface area (Å²) < 4.78 is 0. The molecule has 0 aliphatic carbocycles. The Kier molecular flexibility index (Phi) is 4.71. The highest BCUT2D eigenvalue weighted by Crippen LogP contribution is 2.32. The van der Waals surface area contributed by atoms with E-state index in [-0.39, 0.29) is 0 Å². The molecule has 4 heterocycles. The molecule has 0 aromatic carbocycles. The molecule has 0 spiro atoms. The highest BCUT2D eigenvalue weighted by atomic mass is 32.1. The smallest absolute Gasteiger partial charge is 0.188 e. The number of piperidine rings is 1. The van der Waals surface area contributed by atoms with Crippen LogP contribution in [0.15, 0.2) is 30.2 Å². The normalized spacial score (nSPS) is 18.4. The predicted molar refractivity (Wildman–Crippen MR) is 97.8 cm³/mol. The van der Waals surface area contributed by atoms with Crippen LogP contribution in [0.4, 0.5) is 10.9 Å². The summed E-state index contributed by atoms with van der Waals surface area (Å²) in [6, 6.07) is 2.36. The molecule has 4 rings (SSSR count). The molecule has 2 N–H and O–H groups in total. The minimum Gasteiger partial charge on any atom is -0.347 e. The zero-order chi connectivity index (χ0) is 17.1. The van der Waals surface area contributed by atoms with Crippen LogP contribution in [0.3, 0.4) is 0 Å². The number of nitrogens with zero attached hydrogens (tertiary/aromatic N) is 5. The van der Waals surface area contributed by atoms with Crippen LogP contribution in [-0.2, 0) is 6.54 Å². The Morgan fingerprint density at radius 2 is 2.32 bits per heavy atom. The van der Waals surface area contributed by atoms with E-state index in [4.69, 9.17) is 4.98 Å². The van der Waals surface area contributed by atoms with Crippen LogP contribution in [0.2, 0.25) is 0 Å². The van der Waals surface area contributed by atoms with Crippen LogP contribution in [0.25, 0.3) is 0 Å². The number of likely N-dealkylation sites (tertiary alicyclic amines) is 1. The van der Waals surface area contributed by atoms with Crippen LogP contribution < -0.4 is 5.32 Å². The van der Waals surface area contributed by atoms with E-state index < -0.39 is 0 Å². The molecule has 0 amide bonds. The Hall–Kier alpha value is -2.32. The second-order valence-electron chi connectivity index (χ2n) is 6.25. The van der Waals surface area contributed by atoms with Crippen LogP contribution in [0, 0.1) is 6.92 Å². The third-order valence-corrected chi connectivity index (χ3v) is 5.10. The number of hydrogen-bond acceptors (Lipinski definition) is 7. The van der Waals surface area contributed by atoms with Crippen molar-refractivity contribution in [3.05, 3.63) is 47.4 Å². The van der Waals surface area contributed by atoms with Gasteiger partial charge in [-0.25, -0.2) is 19.9 Å². The number of imidazole rings is 1. The van der Waals surface area contributed by atoms with Crippen LogP contribution >= 0.6 is 11.3 Å². The van der Waals surface area contributed by atoms with E-state index in [0.717, 1.165) is 47.7 Å². The van der Waals surface area contributed by atoms with Gasteiger partial charge in [0.25, 0.3) is 0 Å². The van der Waals surface area contributed by atoms with E-state index in [1.54, 1.807) is 23.9 Å². The molecule has 0 unspecified atom stereocenters. The number of aryl methyl sites for hydroxylation is 1. The van der Waals surface area contributed by atoms with Gasteiger partial charge in [0.15, 0.2) is 5.13 Å². The largest absolute Gasteiger partial charge is 0.347 e. The number of thiazole rings is 1. The lowest BCUT2D eigenvalue weighted by Gasteiger charge is -2.35. The summed E-state index contributed by atoms with van der Waals surface area (Å²) in [5.41, 5.74) is 2.21. The molecule has 1 fully saturated rings. The first-order chi connectivity index (χ1) is 12.3. The molecule has 1 atom stereocenters. The standard InChI is InChI=1S/C17H21N7S/c1-12-21-14(8-16(22-12)23-17-19-5-7-25-17)15-4-2-3-6-24(15)10-13-9-18-11-20-13/h5,7-9,11,15H,2-4,6,10H2,1H3,(H,18,20)(H,19,21,22,23)/t15-/m0/s1. The Morgan fingerprint density at radius 1 is 1.36 bits per heavy atom. The molecular weight excluding hydrogens is 334 g/mol. The van der Waals surface area contributed by atoms with Gasteiger partial charge in [-0.1, -0.05) is 6.42 Å². The van der Waals surface area contributed by atoms with E-state index in [1.807, 2.05) is 18.5 Å². The summed E-state index contributed by atoms with van der Waals surface area (Å²) in [4.78, 5) is 23.3. The van der Waals surface area contributed by atoms with Crippen molar-refractivity contribution in [3.8, 4) is 0 Å². The zero-order valence-electron chi connectivity index (χ0n) is 14.1. The fourth-order valence-corrected chi connectivity index (χ4v) is 3.86. The molecule has 0 saturated carbocycles. The van der Waals surface area contributed by atoms with Gasteiger partial charge in [0, 0.05) is 36.1 Å². The molecule has 1 saturated heterocycles. The van der Waals surface area contributed by atoms with Gasteiger partial charge in [-0.15, -0.1) is 11.3 Å². The summed E-state index contributed by atoms with van der Waals surface area (Å²) in [5.74, 6) is 1.59. The Labute approximate surface area is 150 Å². The lowest BCUT2D eigenvalue weighted by atomic mass is 9.98. The maximum atomic E-state index is 4.73. The van der Waals surface area contributed by atoms with Crippen molar-refractivity contribution in [3.63, 3.8) is 0 Å². The van der Waals surface area contributed by atoms with Crippen molar-refractivity contribution >= 4 is 22.3 Å². The van der Waals surface area contributed by atoms with Crippen molar-refractivity contribution in [2.24, 2.45) is 0 Å². The first-order valence-electron chi connectivity index (χ1n) is 8.51. The fourth-order valence-electron chi connectivity index (χ4n) is 3.33. The molecule has 7 nitrogen and oxygen atoms in total. The fraction of sp³-hybridized carbons (Fsp3) is 0.412. The summed E-state index contributed by atoms with van der Waals surface area (Å²) >= 11 is 1.56. The molecule has 3 aromatic heterocycles. The van der Waals surface area contributed by atoms with E-state index in [0.29, 0.717) is 6.04 Å². The first kappa shape index (κ1) is 16.2. The minimum atomic E-state index is 0.301. The number of anilines is 2. The number of nitrogens with one attached hydrogen (secondary N) is 2. The monoisotopic (exact) mass is 355 g/mol. The zero-order valence-corrected chi connectivity index (χ0v) is 15.0. The summed E-state index contributed by atoms with van der Waals surface area (Å²) in [5, 5.41) is 6.08. The lowest BCUT2D eigenvalue weighted by Crippen LogP contribution is -2.33. The van der Waals surface area contributed by atoms with Gasteiger partial charge in [0.05, 0.1) is 18.1 Å². The van der Waals surface area contributed by atoms with Gasteiger partial charge in [0.2, 0.25) is 0 Å². The molecule has 25 heavy (non-hydrogen) atoms. The third kappa shape index (κ3) is 3.85. The molecule has 130 valence electrons. The van der Waals surface area contributed by atoms with Crippen LogP contribution in [0.1, 0.15) is 42.5 Å². The topological polar surface area (TPSA) is 82.6 Å². The van der Waals surface area contributed by atoms with Crippen molar-refractivity contribution in [1.29, 1.82) is 0 Å². The maximum Gasteiger partial charge on any atom is 0.188 e. The quantitative estimate of drug-likeness (QED) is 0.729. The van der Waals surface area contributed by atoms with Gasteiger partial charge in [-0.3, -0.25) is 4.90 Å². The number of rotatable bonds is 5. The molecule has 1 aliphatic heterocycles. The maximum absolute atomic E-state index is 4.73. The Balaban J connectivity index is 1.58. The highest BCUT2D eigenvalue weighted by Gasteiger charge is 2.26. The van der Waals surface area contributed by atoms with Crippen LogP contribution in [0.5, 0.6) is 0 Å². The van der Waals surface area contributed by atoms with Crippen molar-refractivity contribution < 1.29 is 0 Å². The van der Waals surface area contributed by atoms with E-state index >= 15 is 0 Å². The molecule has 1 aliphatic rings. The number of H-pyrrole nitrogens is 1. The van der Waals surface area contributed by atoms with Crippen molar-refractivity contribution in [2.45, 2.75) is 38.8 Å². The van der Waals surface area contributed by atoms with Gasteiger partial charge in [-0.05, 0) is 26.3 Å². The summed E-state index contributed by atoms with van der Waals surface area (Å²) in [6.07, 6.45) is 8.98. The van der Waals surface area contributed by atoms with Gasteiger partial charge >= 0.3 is 0 Å². The Morgan fingerprint density at radius 3 is 3.12 bits per heavy atom. The Bertz CT molecular complexity index is 801. The minimum absolute atomic E-state index is 0.301. The highest BCUT2D eigenvalue weighted by molar-refractivity contribution is 7.13. The number of aromatic nitrogens is 5. The average Bonchev–Trinajstić information content (AvgIpc) is 3.29. The molecule has 8 heteroatoms. The third-order valence-electron chi connectivity index (χ3n) is 4.41. The summed E-state index contributed by atoms with van der Waals surface area (Å²) in [6.45, 7) is 3.88. The molecular formula is C17H21N7S. The molecule has 3 aromatic rings. The van der Waals surface area contributed by atoms with E-state index in [1.165, 1.54) is 12.8 Å².